The molecule has 0 unspecified atom stereocenters. The molecule has 0 radical (unpaired) electrons. The third-order valence-corrected chi connectivity index (χ3v) is 5.31. The molecule has 0 aliphatic rings. The quantitative estimate of drug-likeness (QED) is 0.590. The fourth-order valence-electron chi connectivity index (χ4n) is 2.44. The van der Waals surface area contributed by atoms with Gasteiger partial charge in [0.15, 0.2) is 16.7 Å². The maximum atomic E-state index is 13.9. The first-order valence-corrected chi connectivity index (χ1v) is 9.99. The number of amides is 1. The molecule has 140 valence electrons. The van der Waals surface area contributed by atoms with Gasteiger partial charge in [0.25, 0.3) is 5.91 Å². The average Bonchev–Trinajstić information content (AvgIpc) is 3.15. The maximum absolute atomic E-state index is 13.9. The highest BCUT2D eigenvalue weighted by molar-refractivity contribution is 7.98. The van der Waals surface area contributed by atoms with Crippen molar-refractivity contribution < 1.29 is 18.7 Å². The zero-order valence-electron chi connectivity index (χ0n) is 14.9. The summed E-state index contributed by atoms with van der Waals surface area (Å²) in [7, 11) is 2.94. The Bertz CT molecular complexity index is 975. The second-order valence-corrected chi connectivity index (χ2v) is 7.15. The number of nitrogens with zero attached hydrogens (tertiary/aromatic N) is 1. The Hall–Kier alpha value is -2.58. The summed E-state index contributed by atoms with van der Waals surface area (Å²) in [6.07, 6.45) is 1.95. The monoisotopic (exact) mass is 404 g/mol. The second-order valence-electron chi connectivity index (χ2n) is 5.41. The van der Waals surface area contributed by atoms with Gasteiger partial charge in [-0.1, -0.05) is 0 Å². The lowest BCUT2D eigenvalue weighted by molar-refractivity contribution is 0.102. The van der Waals surface area contributed by atoms with Crippen molar-refractivity contribution in [2.24, 2.45) is 0 Å². The number of carbonyl (C=O) groups is 1. The Kier molecular flexibility index (Phi) is 5.98. The summed E-state index contributed by atoms with van der Waals surface area (Å²) in [5.74, 6) is -0.120. The minimum atomic E-state index is -0.466. The van der Waals surface area contributed by atoms with Gasteiger partial charge in [0.1, 0.15) is 5.75 Å². The molecule has 0 saturated heterocycles. The molecule has 0 fully saturated rings. The van der Waals surface area contributed by atoms with Crippen molar-refractivity contribution in [3.8, 4) is 22.8 Å². The van der Waals surface area contributed by atoms with Gasteiger partial charge in [-0.25, -0.2) is 9.37 Å². The largest absolute Gasteiger partial charge is 0.496 e. The standard InChI is InChI=1S/C19H17FN2O3S2/c1-24-16-7-4-11(8-14(16)20)15-10-27-19(21-15)22-18(23)13-6-5-12(26-3)9-17(13)25-2/h4-10H,1-3H3,(H,21,22,23). The lowest BCUT2D eigenvalue weighted by atomic mass is 10.1. The van der Waals surface area contributed by atoms with Crippen LogP contribution in [-0.2, 0) is 0 Å². The molecule has 1 aromatic heterocycles. The number of thioether (sulfide) groups is 1. The van der Waals surface area contributed by atoms with Crippen LogP contribution in [0.25, 0.3) is 11.3 Å². The first kappa shape index (κ1) is 19.2. The highest BCUT2D eigenvalue weighted by Gasteiger charge is 2.15. The SMILES string of the molecule is COc1ccc(-c2csc(NC(=O)c3ccc(SC)cc3OC)n2)cc1F. The molecule has 0 aliphatic carbocycles. The number of aromatic nitrogens is 1. The molecule has 1 N–H and O–H groups in total. The van der Waals surface area contributed by atoms with Crippen molar-refractivity contribution in [3.05, 3.63) is 53.2 Å². The van der Waals surface area contributed by atoms with Crippen LogP contribution in [0, 0.1) is 5.82 Å². The van der Waals surface area contributed by atoms with Crippen molar-refractivity contribution in [3.63, 3.8) is 0 Å². The molecule has 0 bridgehead atoms. The molecule has 0 atom stereocenters. The van der Waals surface area contributed by atoms with E-state index in [0.29, 0.717) is 27.7 Å². The van der Waals surface area contributed by atoms with Crippen LogP contribution in [0.3, 0.4) is 0 Å². The predicted molar refractivity (Wildman–Crippen MR) is 107 cm³/mol. The van der Waals surface area contributed by atoms with Gasteiger partial charge in [0, 0.05) is 15.8 Å². The van der Waals surface area contributed by atoms with Crippen LogP contribution in [0.5, 0.6) is 11.5 Å². The summed E-state index contributed by atoms with van der Waals surface area (Å²) in [6.45, 7) is 0. The van der Waals surface area contributed by atoms with Crippen LogP contribution in [0.4, 0.5) is 9.52 Å². The van der Waals surface area contributed by atoms with Crippen LogP contribution in [0.1, 0.15) is 10.4 Å². The summed E-state index contributed by atoms with van der Waals surface area (Å²) in [6, 6.07) is 9.99. The molecule has 27 heavy (non-hydrogen) atoms. The number of hydrogen-bond acceptors (Lipinski definition) is 6. The fourth-order valence-corrected chi connectivity index (χ4v) is 3.58. The van der Waals surface area contributed by atoms with E-state index in [4.69, 9.17) is 9.47 Å². The number of carbonyl (C=O) groups excluding carboxylic acids is 1. The fraction of sp³-hybridized carbons (Fsp3) is 0.158. The van der Waals surface area contributed by atoms with Crippen LogP contribution in [0.15, 0.2) is 46.7 Å². The Morgan fingerprint density at radius 2 is 1.93 bits per heavy atom. The van der Waals surface area contributed by atoms with E-state index in [-0.39, 0.29) is 11.7 Å². The lowest BCUT2D eigenvalue weighted by Crippen LogP contribution is -2.13. The summed E-state index contributed by atoms with van der Waals surface area (Å²) in [4.78, 5) is 17.9. The molecule has 3 aromatic rings. The zero-order valence-corrected chi connectivity index (χ0v) is 16.5. The van der Waals surface area contributed by atoms with Crippen LogP contribution in [0.2, 0.25) is 0 Å². The summed E-state index contributed by atoms with van der Waals surface area (Å²) in [5, 5.41) is 4.93. The Labute approximate surface area is 164 Å². The van der Waals surface area contributed by atoms with E-state index >= 15 is 0 Å². The molecular weight excluding hydrogens is 387 g/mol. The molecule has 1 heterocycles. The smallest absolute Gasteiger partial charge is 0.261 e. The van der Waals surface area contributed by atoms with Crippen molar-refractivity contribution >= 4 is 34.1 Å². The number of nitrogens with one attached hydrogen (secondary N) is 1. The van der Waals surface area contributed by atoms with E-state index < -0.39 is 5.82 Å². The Morgan fingerprint density at radius 3 is 2.59 bits per heavy atom. The van der Waals surface area contributed by atoms with E-state index in [2.05, 4.69) is 10.3 Å². The van der Waals surface area contributed by atoms with Crippen molar-refractivity contribution in [1.29, 1.82) is 0 Å². The van der Waals surface area contributed by atoms with Crippen molar-refractivity contribution in [2.75, 3.05) is 25.8 Å². The van der Waals surface area contributed by atoms with E-state index in [1.54, 1.807) is 35.3 Å². The number of halogens is 1. The van der Waals surface area contributed by atoms with E-state index in [1.807, 2.05) is 18.4 Å². The maximum Gasteiger partial charge on any atom is 0.261 e. The molecule has 0 aliphatic heterocycles. The van der Waals surface area contributed by atoms with Crippen LogP contribution < -0.4 is 14.8 Å². The van der Waals surface area contributed by atoms with Gasteiger partial charge in [-0.15, -0.1) is 23.1 Å². The van der Waals surface area contributed by atoms with Gasteiger partial charge in [0.2, 0.25) is 0 Å². The number of thiazole rings is 1. The third kappa shape index (κ3) is 4.23. The Morgan fingerprint density at radius 1 is 1.15 bits per heavy atom. The third-order valence-electron chi connectivity index (χ3n) is 3.83. The average molecular weight is 404 g/mol. The number of anilines is 1. The van der Waals surface area contributed by atoms with Crippen molar-refractivity contribution in [2.45, 2.75) is 4.90 Å². The minimum Gasteiger partial charge on any atom is -0.496 e. The summed E-state index contributed by atoms with van der Waals surface area (Å²) in [5.41, 5.74) is 1.59. The van der Waals surface area contributed by atoms with Crippen LogP contribution >= 0.6 is 23.1 Å². The molecule has 2 aromatic carbocycles. The van der Waals surface area contributed by atoms with Gasteiger partial charge in [0.05, 0.1) is 25.5 Å². The van der Waals surface area contributed by atoms with Gasteiger partial charge in [-0.05, 0) is 42.7 Å². The van der Waals surface area contributed by atoms with E-state index in [1.165, 1.54) is 31.6 Å². The van der Waals surface area contributed by atoms with E-state index in [9.17, 15) is 9.18 Å². The van der Waals surface area contributed by atoms with E-state index in [0.717, 1.165) is 4.90 Å². The van der Waals surface area contributed by atoms with Gasteiger partial charge in [-0.3, -0.25) is 10.1 Å². The lowest BCUT2D eigenvalue weighted by Gasteiger charge is -2.09. The normalized spacial score (nSPS) is 10.5. The number of methoxy groups -OCH3 is 2. The number of benzene rings is 2. The molecule has 8 heteroatoms. The summed E-state index contributed by atoms with van der Waals surface area (Å²) < 4.78 is 24.1. The van der Waals surface area contributed by atoms with Gasteiger partial charge >= 0.3 is 0 Å². The summed E-state index contributed by atoms with van der Waals surface area (Å²) >= 11 is 2.83. The first-order chi connectivity index (χ1) is 13.0. The molecule has 3 rings (SSSR count). The first-order valence-electron chi connectivity index (χ1n) is 7.88. The Balaban J connectivity index is 1.80. The number of ether oxygens (including phenoxy) is 2. The van der Waals surface area contributed by atoms with Gasteiger partial charge < -0.3 is 9.47 Å². The molecular formula is C19H17FN2O3S2. The molecule has 0 saturated carbocycles. The molecule has 1 amide bonds. The second kappa shape index (κ2) is 8.41. The highest BCUT2D eigenvalue weighted by atomic mass is 32.2. The van der Waals surface area contributed by atoms with Crippen molar-refractivity contribution in [1.82, 2.24) is 4.98 Å². The highest BCUT2D eigenvalue weighted by Crippen LogP contribution is 2.30. The van der Waals surface area contributed by atoms with Crippen LogP contribution in [-0.4, -0.2) is 31.4 Å². The molecule has 0 spiro atoms. The number of hydrogen-bond donors (Lipinski definition) is 1. The van der Waals surface area contributed by atoms with Gasteiger partial charge in [-0.2, -0.15) is 0 Å². The predicted octanol–water partition coefficient (Wildman–Crippen LogP) is 4.94. The minimum absolute atomic E-state index is 0.170. The molecule has 5 nitrogen and oxygen atoms in total. The topological polar surface area (TPSA) is 60.5 Å². The zero-order chi connectivity index (χ0) is 19.4. The number of rotatable bonds is 6.